The predicted octanol–water partition coefficient (Wildman–Crippen LogP) is 3.35. The van der Waals surface area contributed by atoms with Crippen LogP contribution in [0.4, 0.5) is 5.69 Å². The van der Waals surface area contributed by atoms with Gasteiger partial charge in [-0.15, -0.1) is 0 Å². The molecule has 0 aromatic heterocycles. The van der Waals surface area contributed by atoms with E-state index in [1.54, 1.807) is 36.4 Å². The van der Waals surface area contributed by atoms with Gasteiger partial charge in [0.2, 0.25) is 0 Å². The van der Waals surface area contributed by atoms with Crippen molar-refractivity contribution in [2.24, 2.45) is 0 Å². The maximum Gasteiger partial charge on any atom is 0.343 e. The molecule has 0 atom stereocenters. The summed E-state index contributed by atoms with van der Waals surface area (Å²) in [7, 11) is 1.27. The van der Waals surface area contributed by atoms with E-state index < -0.39 is 11.9 Å². The van der Waals surface area contributed by atoms with Gasteiger partial charge < -0.3 is 14.8 Å². The third-order valence-electron chi connectivity index (χ3n) is 3.78. The number of para-hydroxylation sites is 1. The van der Waals surface area contributed by atoms with E-state index in [1.807, 2.05) is 25.1 Å². The highest BCUT2D eigenvalue weighted by Crippen LogP contribution is 2.21. The zero-order valence-electron chi connectivity index (χ0n) is 15.2. The Bertz CT molecular complexity index is 880. The quantitative estimate of drug-likeness (QED) is 0.462. The number of carbonyl (C=O) groups is 2. The molecule has 0 saturated heterocycles. The third kappa shape index (κ3) is 5.72. The molecule has 0 aliphatic rings. The van der Waals surface area contributed by atoms with Crippen molar-refractivity contribution in [2.45, 2.75) is 13.3 Å². The van der Waals surface area contributed by atoms with E-state index in [-0.39, 0.29) is 12.2 Å². The number of anilines is 1. The highest BCUT2D eigenvalue weighted by atomic mass is 16.6. The summed E-state index contributed by atoms with van der Waals surface area (Å²) in [5.41, 5.74) is 2.19. The molecule has 0 bridgehead atoms. The molecule has 27 heavy (non-hydrogen) atoms. The summed E-state index contributed by atoms with van der Waals surface area (Å²) in [5.74, 6) is -0.678. The Labute approximate surface area is 158 Å². The van der Waals surface area contributed by atoms with E-state index in [0.29, 0.717) is 17.0 Å². The zero-order chi connectivity index (χ0) is 19.6. The molecule has 0 unspecified atom stereocenters. The number of rotatable bonds is 7. The number of ether oxygens (including phenoxy) is 2. The van der Waals surface area contributed by atoms with Gasteiger partial charge in [-0.1, -0.05) is 37.3 Å². The Morgan fingerprint density at radius 3 is 2.48 bits per heavy atom. The first kappa shape index (κ1) is 19.7. The van der Waals surface area contributed by atoms with Crippen molar-refractivity contribution < 1.29 is 19.1 Å². The summed E-state index contributed by atoms with van der Waals surface area (Å²) in [5, 5.41) is 12.1. The van der Waals surface area contributed by atoms with Gasteiger partial charge in [-0.05, 0) is 36.3 Å². The molecule has 0 aliphatic carbocycles. The van der Waals surface area contributed by atoms with Gasteiger partial charge in [-0.3, -0.25) is 4.79 Å². The Hall–Kier alpha value is -3.59. The highest BCUT2D eigenvalue weighted by molar-refractivity contribution is 6.09. The number of esters is 1. The fourth-order valence-corrected chi connectivity index (χ4v) is 2.25. The van der Waals surface area contributed by atoms with Crippen molar-refractivity contribution >= 4 is 23.6 Å². The Morgan fingerprint density at radius 1 is 1.15 bits per heavy atom. The van der Waals surface area contributed by atoms with Crippen molar-refractivity contribution in [3.05, 3.63) is 65.2 Å². The molecule has 0 radical (unpaired) electrons. The average Bonchev–Trinajstić information content (AvgIpc) is 2.71. The second kappa shape index (κ2) is 9.78. The Morgan fingerprint density at radius 2 is 1.85 bits per heavy atom. The zero-order valence-corrected chi connectivity index (χ0v) is 15.2. The van der Waals surface area contributed by atoms with Crippen LogP contribution in [0.3, 0.4) is 0 Å². The first-order valence-electron chi connectivity index (χ1n) is 8.38. The number of carbonyl (C=O) groups excluding carboxylic acids is 2. The molecular formula is C21H20N2O4. The number of nitrogens with one attached hydrogen (secondary N) is 1. The summed E-state index contributed by atoms with van der Waals surface area (Å²) < 4.78 is 9.94. The standard InChI is InChI=1S/C21H20N2O4/c1-3-15-8-10-18(11-9-15)23-21(25)17(13-22)12-16-6-4-5-7-19(16)27-14-20(24)26-2/h4-12H,3,14H2,1-2H3,(H,23,25)/b17-12+. The SMILES string of the molecule is CCc1ccc(NC(=O)/C(C#N)=C/c2ccccc2OCC(=O)OC)cc1. The van der Waals surface area contributed by atoms with Gasteiger partial charge in [0, 0.05) is 11.3 Å². The molecular weight excluding hydrogens is 344 g/mol. The van der Waals surface area contributed by atoms with Crippen LogP contribution < -0.4 is 10.1 Å². The van der Waals surface area contributed by atoms with Crippen LogP contribution in [-0.2, 0) is 20.7 Å². The topological polar surface area (TPSA) is 88.4 Å². The number of benzene rings is 2. The number of methoxy groups -OCH3 is 1. The van der Waals surface area contributed by atoms with Crippen LogP contribution in [0.25, 0.3) is 6.08 Å². The van der Waals surface area contributed by atoms with Crippen molar-refractivity contribution in [3.63, 3.8) is 0 Å². The van der Waals surface area contributed by atoms with Crippen molar-refractivity contribution in [2.75, 3.05) is 19.0 Å². The molecule has 0 aliphatic heterocycles. The first-order valence-corrected chi connectivity index (χ1v) is 8.38. The van der Waals surface area contributed by atoms with Crippen molar-refractivity contribution in [1.29, 1.82) is 5.26 Å². The van der Waals surface area contributed by atoms with E-state index in [2.05, 4.69) is 10.1 Å². The second-order valence-corrected chi connectivity index (χ2v) is 5.58. The van der Waals surface area contributed by atoms with E-state index in [4.69, 9.17) is 4.74 Å². The lowest BCUT2D eigenvalue weighted by Gasteiger charge is -2.09. The van der Waals surface area contributed by atoms with E-state index >= 15 is 0 Å². The summed E-state index contributed by atoms with van der Waals surface area (Å²) >= 11 is 0. The van der Waals surface area contributed by atoms with E-state index in [9.17, 15) is 14.9 Å². The molecule has 2 rings (SSSR count). The molecule has 1 amide bonds. The maximum atomic E-state index is 12.4. The lowest BCUT2D eigenvalue weighted by molar-refractivity contribution is -0.142. The summed E-state index contributed by atoms with van der Waals surface area (Å²) in [6.07, 6.45) is 2.32. The van der Waals surface area contributed by atoms with Crippen LogP contribution in [0.15, 0.2) is 54.1 Å². The van der Waals surface area contributed by atoms with Crippen LogP contribution in [0, 0.1) is 11.3 Å². The molecule has 0 heterocycles. The fourth-order valence-electron chi connectivity index (χ4n) is 2.25. The number of nitriles is 1. The van der Waals surface area contributed by atoms with Crippen LogP contribution in [0.1, 0.15) is 18.1 Å². The molecule has 2 aromatic carbocycles. The molecule has 0 fully saturated rings. The lowest BCUT2D eigenvalue weighted by Crippen LogP contribution is -2.14. The molecule has 6 heteroatoms. The van der Waals surface area contributed by atoms with Gasteiger partial charge in [0.15, 0.2) is 6.61 Å². The number of amides is 1. The molecule has 2 aromatic rings. The van der Waals surface area contributed by atoms with Gasteiger partial charge in [-0.25, -0.2) is 4.79 Å². The van der Waals surface area contributed by atoms with Crippen LogP contribution in [0.5, 0.6) is 5.75 Å². The summed E-state index contributed by atoms with van der Waals surface area (Å²) in [4.78, 5) is 23.7. The second-order valence-electron chi connectivity index (χ2n) is 5.58. The minimum absolute atomic E-state index is 0.0799. The van der Waals surface area contributed by atoms with Crippen molar-refractivity contribution in [1.82, 2.24) is 0 Å². The fraction of sp³-hybridized carbons (Fsp3) is 0.190. The van der Waals surface area contributed by atoms with Crippen LogP contribution >= 0.6 is 0 Å². The number of hydrogen-bond acceptors (Lipinski definition) is 5. The predicted molar refractivity (Wildman–Crippen MR) is 102 cm³/mol. The Balaban J connectivity index is 2.18. The maximum absolute atomic E-state index is 12.4. The normalized spacial score (nSPS) is 10.6. The molecule has 0 spiro atoms. The minimum atomic E-state index is -0.525. The smallest absolute Gasteiger partial charge is 0.343 e. The largest absolute Gasteiger partial charge is 0.481 e. The first-order chi connectivity index (χ1) is 13.1. The van der Waals surface area contributed by atoms with Gasteiger partial charge in [0.1, 0.15) is 17.4 Å². The van der Waals surface area contributed by atoms with E-state index in [0.717, 1.165) is 12.0 Å². The number of aryl methyl sites for hydroxylation is 1. The lowest BCUT2D eigenvalue weighted by atomic mass is 10.1. The molecule has 1 N–H and O–H groups in total. The van der Waals surface area contributed by atoms with Gasteiger partial charge in [0.05, 0.1) is 7.11 Å². The average molecular weight is 364 g/mol. The Kier molecular flexibility index (Phi) is 7.15. The van der Waals surface area contributed by atoms with Crippen molar-refractivity contribution in [3.8, 4) is 11.8 Å². The van der Waals surface area contributed by atoms with Gasteiger partial charge >= 0.3 is 5.97 Å². The van der Waals surface area contributed by atoms with Gasteiger partial charge in [-0.2, -0.15) is 5.26 Å². The highest BCUT2D eigenvalue weighted by Gasteiger charge is 2.12. The van der Waals surface area contributed by atoms with E-state index in [1.165, 1.54) is 13.2 Å². The monoisotopic (exact) mass is 364 g/mol. The van der Waals surface area contributed by atoms with Crippen LogP contribution in [-0.4, -0.2) is 25.6 Å². The summed E-state index contributed by atoms with van der Waals surface area (Å²) in [6.45, 7) is 1.78. The van der Waals surface area contributed by atoms with Crippen LogP contribution in [0.2, 0.25) is 0 Å². The third-order valence-corrected chi connectivity index (χ3v) is 3.78. The minimum Gasteiger partial charge on any atom is -0.481 e. The number of nitrogens with zero attached hydrogens (tertiary/aromatic N) is 1. The van der Waals surface area contributed by atoms with Gasteiger partial charge in [0.25, 0.3) is 5.91 Å². The molecule has 6 nitrogen and oxygen atoms in total. The number of hydrogen-bond donors (Lipinski definition) is 1. The molecule has 0 saturated carbocycles. The molecule has 138 valence electrons. The summed E-state index contributed by atoms with van der Waals surface area (Å²) in [6, 6.07) is 16.1.